The molecule has 1 heterocycles. The van der Waals surface area contributed by atoms with E-state index in [-0.39, 0.29) is 0 Å². The average Bonchev–Trinajstić information content (AvgIpc) is 2.30. The lowest BCUT2D eigenvalue weighted by Gasteiger charge is -2.15. The van der Waals surface area contributed by atoms with Crippen molar-refractivity contribution >= 4 is 5.95 Å². The van der Waals surface area contributed by atoms with E-state index < -0.39 is 0 Å². The third-order valence-electron chi connectivity index (χ3n) is 2.47. The molecular weight excluding hydrogens is 212 g/mol. The maximum absolute atomic E-state index is 4.37. The van der Waals surface area contributed by atoms with Crippen LogP contribution in [0.15, 0.2) is 12.4 Å². The van der Waals surface area contributed by atoms with Crippen molar-refractivity contribution in [1.82, 2.24) is 15.3 Å². The highest BCUT2D eigenvalue weighted by Crippen LogP contribution is 2.05. The van der Waals surface area contributed by atoms with Gasteiger partial charge in [0, 0.05) is 38.1 Å². The van der Waals surface area contributed by atoms with E-state index in [4.69, 9.17) is 0 Å². The molecule has 1 aromatic rings. The lowest BCUT2D eigenvalue weighted by Crippen LogP contribution is -2.21. The zero-order valence-corrected chi connectivity index (χ0v) is 11.4. The Hall–Kier alpha value is -1.16. The quantitative estimate of drug-likeness (QED) is 0.787. The summed E-state index contributed by atoms with van der Waals surface area (Å²) in [5.74, 6) is 1.48. The first-order chi connectivity index (χ1) is 8.13. The van der Waals surface area contributed by atoms with Crippen LogP contribution in [0.25, 0.3) is 0 Å². The predicted octanol–water partition coefficient (Wildman–Crippen LogP) is 2.07. The van der Waals surface area contributed by atoms with Crippen LogP contribution in [-0.4, -0.2) is 30.1 Å². The van der Waals surface area contributed by atoms with E-state index in [1.54, 1.807) is 0 Å². The van der Waals surface area contributed by atoms with Crippen LogP contribution >= 0.6 is 0 Å². The molecule has 1 rings (SSSR count). The van der Waals surface area contributed by atoms with Crippen molar-refractivity contribution < 1.29 is 0 Å². The van der Waals surface area contributed by atoms with Crippen LogP contribution in [0.4, 0.5) is 5.95 Å². The van der Waals surface area contributed by atoms with Gasteiger partial charge in [-0.2, -0.15) is 0 Å². The summed E-state index contributed by atoms with van der Waals surface area (Å²) < 4.78 is 0. The SMILES string of the molecule is CCCN(C)c1ncc(CNCC(C)C)cn1. The Balaban J connectivity index is 2.44. The summed E-state index contributed by atoms with van der Waals surface area (Å²) >= 11 is 0. The minimum Gasteiger partial charge on any atom is -0.344 e. The van der Waals surface area contributed by atoms with Crippen LogP contribution in [-0.2, 0) is 6.54 Å². The van der Waals surface area contributed by atoms with E-state index in [1.165, 1.54) is 0 Å². The van der Waals surface area contributed by atoms with E-state index in [0.29, 0.717) is 5.92 Å². The average molecular weight is 236 g/mol. The highest BCUT2D eigenvalue weighted by Gasteiger charge is 2.02. The zero-order valence-electron chi connectivity index (χ0n) is 11.4. The maximum Gasteiger partial charge on any atom is 0.224 e. The van der Waals surface area contributed by atoms with Gasteiger partial charge in [-0.25, -0.2) is 9.97 Å². The normalized spacial score (nSPS) is 10.9. The largest absolute Gasteiger partial charge is 0.344 e. The van der Waals surface area contributed by atoms with Crippen molar-refractivity contribution in [2.45, 2.75) is 33.7 Å². The van der Waals surface area contributed by atoms with Gasteiger partial charge in [0.2, 0.25) is 5.95 Å². The number of anilines is 1. The predicted molar refractivity (Wildman–Crippen MR) is 72.1 cm³/mol. The second-order valence-corrected chi connectivity index (χ2v) is 4.84. The van der Waals surface area contributed by atoms with E-state index in [1.807, 2.05) is 19.4 Å². The summed E-state index contributed by atoms with van der Waals surface area (Å²) in [5.41, 5.74) is 1.14. The standard InChI is InChI=1S/C13H24N4/c1-5-6-17(4)13-15-9-12(10-16-13)8-14-7-11(2)3/h9-11,14H,5-8H2,1-4H3. The Morgan fingerprint density at radius 2 is 1.94 bits per heavy atom. The molecule has 1 aromatic heterocycles. The van der Waals surface area contributed by atoms with Gasteiger partial charge in [0.25, 0.3) is 0 Å². The molecule has 0 radical (unpaired) electrons. The van der Waals surface area contributed by atoms with Gasteiger partial charge in [0.1, 0.15) is 0 Å². The number of nitrogens with one attached hydrogen (secondary N) is 1. The number of aromatic nitrogens is 2. The van der Waals surface area contributed by atoms with Crippen molar-refractivity contribution in [3.05, 3.63) is 18.0 Å². The highest BCUT2D eigenvalue weighted by atomic mass is 15.2. The van der Waals surface area contributed by atoms with Crippen molar-refractivity contribution in [1.29, 1.82) is 0 Å². The third kappa shape index (κ3) is 5.13. The Morgan fingerprint density at radius 3 is 2.47 bits per heavy atom. The van der Waals surface area contributed by atoms with Crippen molar-refractivity contribution in [2.24, 2.45) is 5.92 Å². The van der Waals surface area contributed by atoms with Gasteiger partial charge >= 0.3 is 0 Å². The van der Waals surface area contributed by atoms with Crippen LogP contribution in [0, 0.1) is 5.92 Å². The summed E-state index contributed by atoms with van der Waals surface area (Å²) in [4.78, 5) is 10.8. The molecule has 0 aliphatic heterocycles. The minimum atomic E-state index is 0.672. The van der Waals surface area contributed by atoms with Crippen LogP contribution in [0.5, 0.6) is 0 Å². The molecule has 0 unspecified atom stereocenters. The molecule has 1 N–H and O–H groups in total. The number of hydrogen-bond acceptors (Lipinski definition) is 4. The Kier molecular flexibility index (Phi) is 5.91. The van der Waals surface area contributed by atoms with Gasteiger partial charge in [-0.1, -0.05) is 20.8 Å². The second-order valence-electron chi connectivity index (χ2n) is 4.84. The third-order valence-corrected chi connectivity index (χ3v) is 2.47. The molecule has 0 amide bonds. The molecule has 17 heavy (non-hydrogen) atoms. The van der Waals surface area contributed by atoms with Gasteiger partial charge in [0.15, 0.2) is 0 Å². The fourth-order valence-electron chi connectivity index (χ4n) is 1.58. The molecule has 0 spiro atoms. The molecule has 0 aliphatic carbocycles. The topological polar surface area (TPSA) is 41.1 Å². The van der Waals surface area contributed by atoms with Crippen molar-refractivity contribution in [3.63, 3.8) is 0 Å². The van der Waals surface area contributed by atoms with Gasteiger partial charge in [-0.15, -0.1) is 0 Å². The summed E-state index contributed by atoms with van der Waals surface area (Å²) in [6, 6.07) is 0. The fraction of sp³-hybridized carbons (Fsp3) is 0.692. The number of nitrogens with zero attached hydrogens (tertiary/aromatic N) is 3. The lowest BCUT2D eigenvalue weighted by atomic mass is 10.2. The first kappa shape index (κ1) is 13.9. The maximum atomic E-state index is 4.37. The molecule has 96 valence electrons. The first-order valence-electron chi connectivity index (χ1n) is 6.36. The molecular formula is C13H24N4. The van der Waals surface area contributed by atoms with Gasteiger partial charge in [-0.3, -0.25) is 0 Å². The van der Waals surface area contributed by atoms with Crippen LogP contribution in [0.2, 0.25) is 0 Å². The molecule has 0 saturated carbocycles. The smallest absolute Gasteiger partial charge is 0.224 e. The summed E-state index contributed by atoms with van der Waals surface area (Å²) in [7, 11) is 2.02. The van der Waals surface area contributed by atoms with Crippen molar-refractivity contribution in [2.75, 3.05) is 25.0 Å². The van der Waals surface area contributed by atoms with Gasteiger partial charge in [0.05, 0.1) is 0 Å². The molecule has 0 saturated heterocycles. The van der Waals surface area contributed by atoms with Gasteiger partial charge in [-0.05, 0) is 18.9 Å². The Bertz CT molecular complexity index is 308. The minimum absolute atomic E-state index is 0.672. The van der Waals surface area contributed by atoms with Crippen molar-refractivity contribution in [3.8, 4) is 0 Å². The Morgan fingerprint density at radius 1 is 1.29 bits per heavy atom. The van der Waals surface area contributed by atoms with Gasteiger partial charge < -0.3 is 10.2 Å². The number of rotatable bonds is 7. The van der Waals surface area contributed by atoms with Crippen LogP contribution in [0.3, 0.4) is 0 Å². The molecule has 0 bridgehead atoms. The summed E-state index contributed by atoms with van der Waals surface area (Å²) in [6.45, 7) is 9.41. The van der Waals surface area contributed by atoms with E-state index in [0.717, 1.165) is 37.6 Å². The van der Waals surface area contributed by atoms with E-state index in [9.17, 15) is 0 Å². The van der Waals surface area contributed by atoms with Crippen LogP contribution < -0.4 is 10.2 Å². The summed E-state index contributed by atoms with van der Waals surface area (Å²) in [5, 5.41) is 3.38. The Labute approximate surface area is 104 Å². The molecule has 4 heteroatoms. The monoisotopic (exact) mass is 236 g/mol. The van der Waals surface area contributed by atoms with Crippen LogP contribution in [0.1, 0.15) is 32.8 Å². The fourth-order valence-corrected chi connectivity index (χ4v) is 1.58. The highest BCUT2D eigenvalue weighted by molar-refractivity contribution is 5.27. The molecule has 0 fully saturated rings. The number of hydrogen-bond donors (Lipinski definition) is 1. The zero-order chi connectivity index (χ0) is 12.7. The second kappa shape index (κ2) is 7.22. The van der Waals surface area contributed by atoms with E-state index in [2.05, 4.69) is 41.0 Å². The molecule has 0 aromatic carbocycles. The lowest BCUT2D eigenvalue weighted by molar-refractivity contribution is 0.551. The molecule has 0 atom stereocenters. The molecule has 0 aliphatic rings. The van der Waals surface area contributed by atoms with E-state index >= 15 is 0 Å². The molecule has 4 nitrogen and oxygen atoms in total. The first-order valence-corrected chi connectivity index (χ1v) is 6.36. The summed E-state index contributed by atoms with van der Waals surface area (Å²) in [6.07, 6.45) is 4.92.